The number of anilines is 1. The van der Waals surface area contributed by atoms with Crippen molar-refractivity contribution in [3.05, 3.63) is 16.7 Å². The van der Waals surface area contributed by atoms with Gasteiger partial charge in [-0.05, 0) is 0 Å². The number of aromatic nitrogens is 4. The fourth-order valence-electron chi connectivity index (χ4n) is 0.888. The average Bonchev–Trinajstić information content (AvgIpc) is 2.52. The lowest BCUT2D eigenvalue weighted by atomic mass is 10.5. The number of H-pyrrole nitrogens is 2. The van der Waals surface area contributed by atoms with Crippen LogP contribution in [0.2, 0.25) is 0 Å². The number of imidazole rings is 1. The van der Waals surface area contributed by atoms with E-state index in [9.17, 15) is 9.28 Å². The summed E-state index contributed by atoms with van der Waals surface area (Å²) in [6.07, 6.45) is 1.31. The van der Waals surface area contributed by atoms with Gasteiger partial charge in [0.1, 0.15) is 0 Å². The summed E-state index contributed by atoms with van der Waals surface area (Å²) in [7, 11) is 0. The first kappa shape index (κ1) is 6.77. The quantitative estimate of drug-likeness (QED) is 0.522. The first-order chi connectivity index (χ1) is 5.81. The van der Waals surface area contributed by atoms with Crippen LogP contribution in [0.4, 0.5) is 10.4 Å². The van der Waals surface area contributed by atoms with Crippen molar-refractivity contribution < 1.29 is 4.48 Å². The topological polar surface area (TPSA) is 86.5 Å². The Morgan fingerprint density at radius 3 is 3.17 bits per heavy atom. The van der Waals surface area contributed by atoms with Crippen molar-refractivity contribution in [2.75, 3.05) is 5.54 Å². The summed E-state index contributed by atoms with van der Waals surface area (Å²) in [5, 5.41) is 0. The third-order valence-electron chi connectivity index (χ3n) is 1.39. The van der Waals surface area contributed by atoms with Crippen molar-refractivity contribution in [1.82, 2.24) is 19.9 Å². The van der Waals surface area contributed by atoms with Gasteiger partial charge in [0.15, 0.2) is 11.2 Å². The molecule has 0 bridgehead atoms. The summed E-state index contributed by atoms with van der Waals surface area (Å²) in [5.41, 5.74) is 1.18. The van der Waals surface area contributed by atoms with E-state index in [0.29, 0.717) is 0 Å². The van der Waals surface area contributed by atoms with Crippen LogP contribution in [0.5, 0.6) is 0 Å². The van der Waals surface area contributed by atoms with Crippen LogP contribution in [-0.4, -0.2) is 19.9 Å². The van der Waals surface area contributed by atoms with E-state index >= 15 is 0 Å². The number of nitrogens with one attached hydrogen (secondary N) is 3. The van der Waals surface area contributed by atoms with Gasteiger partial charge in [0.2, 0.25) is 5.95 Å². The van der Waals surface area contributed by atoms with Crippen molar-refractivity contribution in [3.63, 3.8) is 0 Å². The highest BCUT2D eigenvalue weighted by molar-refractivity contribution is 5.69. The highest BCUT2D eigenvalue weighted by Gasteiger charge is 2.03. The van der Waals surface area contributed by atoms with Gasteiger partial charge in [0, 0.05) is 0 Å². The summed E-state index contributed by atoms with van der Waals surface area (Å²) in [5.74, 6) is -0.250. The van der Waals surface area contributed by atoms with Gasteiger partial charge in [-0.2, -0.15) is 10.5 Å². The smallest absolute Gasteiger partial charge is 0.278 e. The van der Waals surface area contributed by atoms with E-state index in [4.69, 9.17) is 0 Å². The van der Waals surface area contributed by atoms with E-state index in [1.807, 2.05) is 0 Å². The summed E-state index contributed by atoms with van der Waals surface area (Å²) in [6, 6.07) is 0. The zero-order valence-electron chi connectivity index (χ0n) is 5.76. The number of aromatic amines is 2. The Labute approximate surface area is 64.8 Å². The number of rotatable bonds is 1. The fraction of sp³-hybridized carbons (Fsp3) is 0. The molecule has 12 heavy (non-hydrogen) atoms. The Balaban J connectivity index is 2.84. The van der Waals surface area contributed by atoms with Gasteiger partial charge < -0.3 is 4.98 Å². The maximum absolute atomic E-state index is 11.8. The molecule has 0 unspecified atom stereocenters. The van der Waals surface area contributed by atoms with Crippen LogP contribution >= 0.6 is 0 Å². The molecule has 3 N–H and O–H groups in total. The van der Waals surface area contributed by atoms with Crippen LogP contribution in [0.3, 0.4) is 0 Å². The molecular weight excluding hydrogens is 165 g/mol. The van der Waals surface area contributed by atoms with E-state index in [0.717, 1.165) is 0 Å². The lowest BCUT2D eigenvalue weighted by Gasteiger charge is -1.92. The summed E-state index contributed by atoms with van der Waals surface area (Å²) < 4.78 is 11.8. The number of fused-ring (bicyclic) bond motifs is 1. The fourth-order valence-corrected chi connectivity index (χ4v) is 0.888. The molecule has 0 aliphatic rings. The molecule has 0 saturated carbocycles. The molecule has 0 amide bonds. The number of nitrogens with zero attached hydrogens (tertiary/aromatic N) is 2. The maximum Gasteiger partial charge on any atom is 0.278 e. The molecule has 0 saturated heterocycles. The lowest BCUT2D eigenvalue weighted by molar-refractivity contribution is 0.605. The summed E-state index contributed by atoms with van der Waals surface area (Å²) in [6.45, 7) is 0. The Morgan fingerprint density at radius 2 is 2.42 bits per heavy atom. The van der Waals surface area contributed by atoms with Gasteiger partial charge in [-0.25, -0.2) is 4.98 Å². The van der Waals surface area contributed by atoms with Gasteiger partial charge in [-0.15, -0.1) is 4.48 Å². The zero-order chi connectivity index (χ0) is 8.55. The minimum atomic E-state index is -0.461. The van der Waals surface area contributed by atoms with Gasteiger partial charge in [0.05, 0.1) is 6.33 Å². The third kappa shape index (κ3) is 0.831. The molecule has 2 rings (SSSR count). The van der Waals surface area contributed by atoms with Crippen molar-refractivity contribution >= 4 is 17.1 Å². The first-order valence-electron chi connectivity index (χ1n) is 3.11. The molecule has 6 nitrogen and oxygen atoms in total. The van der Waals surface area contributed by atoms with Gasteiger partial charge in [-0.1, -0.05) is 0 Å². The van der Waals surface area contributed by atoms with Gasteiger partial charge in [0.25, 0.3) is 5.56 Å². The minimum absolute atomic E-state index is 0.180. The van der Waals surface area contributed by atoms with Crippen molar-refractivity contribution in [2.24, 2.45) is 0 Å². The molecule has 0 aromatic carbocycles. The Bertz CT molecular complexity index is 460. The van der Waals surface area contributed by atoms with E-state index in [2.05, 4.69) is 19.9 Å². The van der Waals surface area contributed by atoms with Crippen LogP contribution in [0, 0.1) is 0 Å². The van der Waals surface area contributed by atoms with Crippen LogP contribution in [-0.2, 0) is 0 Å². The molecule has 7 heteroatoms. The second kappa shape index (κ2) is 2.29. The number of hydrogen-bond acceptors (Lipinski definition) is 4. The minimum Gasteiger partial charge on any atom is -0.339 e. The third-order valence-corrected chi connectivity index (χ3v) is 1.39. The second-order valence-electron chi connectivity index (χ2n) is 2.11. The molecule has 62 valence electrons. The number of hydrogen-bond donors (Lipinski definition) is 3. The molecule has 0 aliphatic heterocycles. The van der Waals surface area contributed by atoms with E-state index in [-0.39, 0.29) is 17.1 Å². The normalized spacial score (nSPS) is 10.4. The van der Waals surface area contributed by atoms with E-state index in [1.54, 1.807) is 0 Å². The number of halogens is 1. The van der Waals surface area contributed by atoms with E-state index < -0.39 is 5.56 Å². The summed E-state index contributed by atoms with van der Waals surface area (Å²) >= 11 is 0. The maximum atomic E-state index is 11.8. The molecule has 0 radical (unpaired) electrons. The monoisotopic (exact) mass is 169 g/mol. The molecular formula is C5H4FN5O. The molecule has 0 spiro atoms. The molecule has 2 aromatic heterocycles. The van der Waals surface area contributed by atoms with Crippen molar-refractivity contribution in [3.8, 4) is 0 Å². The zero-order valence-corrected chi connectivity index (χ0v) is 5.76. The first-order valence-corrected chi connectivity index (χ1v) is 3.11. The molecule has 0 aliphatic carbocycles. The standard InChI is InChI=1S/C5H4FN5O/c6-11-5-9-3-2(4(12)10-5)7-1-8-3/h1H,(H3,7,8,9,10,11,12). The highest BCUT2D eigenvalue weighted by atomic mass is 19.2. The Morgan fingerprint density at radius 1 is 1.58 bits per heavy atom. The SMILES string of the molecule is O=c1[nH]c(NF)nc2nc[nH]c12. The van der Waals surface area contributed by atoms with Crippen molar-refractivity contribution in [1.29, 1.82) is 0 Å². The van der Waals surface area contributed by atoms with Gasteiger partial charge >= 0.3 is 0 Å². The lowest BCUT2D eigenvalue weighted by Crippen LogP contribution is -2.09. The molecule has 2 aromatic rings. The predicted octanol–water partition coefficient (Wildman–Crippen LogP) is -0.0574. The average molecular weight is 169 g/mol. The van der Waals surface area contributed by atoms with Crippen molar-refractivity contribution in [2.45, 2.75) is 0 Å². The molecule has 0 atom stereocenters. The molecule has 0 fully saturated rings. The van der Waals surface area contributed by atoms with E-state index in [1.165, 1.54) is 11.9 Å². The van der Waals surface area contributed by atoms with Crippen LogP contribution in [0.1, 0.15) is 0 Å². The summed E-state index contributed by atoms with van der Waals surface area (Å²) in [4.78, 5) is 23.1. The van der Waals surface area contributed by atoms with Crippen LogP contribution in [0.15, 0.2) is 11.1 Å². The largest absolute Gasteiger partial charge is 0.339 e. The Hall–Kier alpha value is -1.92. The highest BCUT2D eigenvalue weighted by Crippen LogP contribution is 2.01. The predicted molar refractivity (Wildman–Crippen MR) is 39.2 cm³/mol. The Kier molecular flexibility index (Phi) is 1.29. The van der Waals surface area contributed by atoms with Crippen LogP contribution < -0.4 is 11.1 Å². The molecule has 2 heterocycles. The van der Waals surface area contributed by atoms with Crippen LogP contribution in [0.25, 0.3) is 11.2 Å². The van der Waals surface area contributed by atoms with Gasteiger partial charge in [-0.3, -0.25) is 9.78 Å². The second-order valence-corrected chi connectivity index (χ2v) is 2.11.